The van der Waals surface area contributed by atoms with Crippen LogP contribution in [0.1, 0.15) is 20.8 Å². The summed E-state index contributed by atoms with van der Waals surface area (Å²) in [7, 11) is 0. The van der Waals surface area contributed by atoms with E-state index in [0.717, 1.165) is 11.8 Å². The van der Waals surface area contributed by atoms with E-state index in [0.29, 0.717) is 53.5 Å². The van der Waals surface area contributed by atoms with Crippen LogP contribution in [0, 0.1) is 0 Å². The highest BCUT2D eigenvalue weighted by molar-refractivity contribution is 7.99. The lowest BCUT2D eigenvalue weighted by molar-refractivity contribution is -0.113. The standard InChI is InChI=1S/C21H23ClN4O5S/c1-4-28-15-9-13(10-16(29-5-2)19(15)30-6-3)20-25-26-21(31-20)32-12-18(27)24-17-8-7-14(22)11-23-17/h7-11H,4-6,12H2,1-3H3,(H,23,24,27). The summed E-state index contributed by atoms with van der Waals surface area (Å²) in [6.45, 7) is 7.04. The van der Waals surface area contributed by atoms with Crippen molar-refractivity contribution in [2.75, 3.05) is 30.9 Å². The summed E-state index contributed by atoms with van der Waals surface area (Å²) in [5, 5.41) is 11.5. The number of nitrogens with one attached hydrogen (secondary N) is 1. The minimum Gasteiger partial charge on any atom is -0.490 e. The van der Waals surface area contributed by atoms with Gasteiger partial charge in [-0.3, -0.25) is 4.79 Å². The SMILES string of the molecule is CCOc1cc(-c2nnc(SCC(=O)Nc3ccc(Cl)cn3)o2)cc(OCC)c1OCC. The normalized spacial score (nSPS) is 10.6. The number of halogens is 1. The number of aromatic nitrogens is 3. The second kappa shape index (κ2) is 11.6. The smallest absolute Gasteiger partial charge is 0.277 e. The van der Waals surface area contributed by atoms with Gasteiger partial charge in [0.25, 0.3) is 5.22 Å². The van der Waals surface area contributed by atoms with Crippen molar-refractivity contribution in [1.29, 1.82) is 0 Å². The van der Waals surface area contributed by atoms with Crippen LogP contribution in [0.15, 0.2) is 40.1 Å². The number of amides is 1. The van der Waals surface area contributed by atoms with Crippen LogP contribution in [0.3, 0.4) is 0 Å². The van der Waals surface area contributed by atoms with Crippen LogP contribution < -0.4 is 19.5 Å². The third-order valence-electron chi connectivity index (χ3n) is 3.88. The van der Waals surface area contributed by atoms with Gasteiger partial charge in [0.2, 0.25) is 17.5 Å². The van der Waals surface area contributed by atoms with Crippen molar-refractivity contribution >= 4 is 35.1 Å². The topological polar surface area (TPSA) is 109 Å². The van der Waals surface area contributed by atoms with Crippen molar-refractivity contribution < 1.29 is 23.4 Å². The first-order chi connectivity index (χ1) is 15.5. The first-order valence-corrected chi connectivity index (χ1v) is 11.3. The third kappa shape index (κ3) is 6.27. The number of hydrogen-bond donors (Lipinski definition) is 1. The van der Waals surface area contributed by atoms with Crippen molar-refractivity contribution in [2.24, 2.45) is 0 Å². The summed E-state index contributed by atoms with van der Waals surface area (Å²) in [6, 6.07) is 6.79. The van der Waals surface area contributed by atoms with E-state index in [9.17, 15) is 4.79 Å². The number of hydrogen-bond acceptors (Lipinski definition) is 9. The molecule has 0 fully saturated rings. The Balaban J connectivity index is 1.72. The largest absolute Gasteiger partial charge is 0.490 e. The monoisotopic (exact) mass is 478 g/mol. The first-order valence-electron chi connectivity index (χ1n) is 9.98. The number of ether oxygens (including phenoxy) is 3. The predicted molar refractivity (Wildman–Crippen MR) is 122 cm³/mol. The van der Waals surface area contributed by atoms with Gasteiger partial charge in [-0.1, -0.05) is 23.4 Å². The maximum absolute atomic E-state index is 12.1. The lowest BCUT2D eigenvalue weighted by atomic mass is 10.2. The molecule has 2 aromatic heterocycles. The molecular formula is C21H23ClN4O5S. The molecule has 0 aliphatic rings. The first kappa shape index (κ1) is 23.7. The lowest BCUT2D eigenvalue weighted by Gasteiger charge is -2.16. The van der Waals surface area contributed by atoms with Crippen molar-refractivity contribution in [1.82, 2.24) is 15.2 Å². The lowest BCUT2D eigenvalue weighted by Crippen LogP contribution is -2.14. The maximum atomic E-state index is 12.1. The Morgan fingerprint density at radius 3 is 2.34 bits per heavy atom. The van der Waals surface area contributed by atoms with Gasteiger partial charge in [-0.05, 0) is 45.0 Å². The van der Waals surface area contributed by atoms with E-state index < -0.39 is 0 Å². The van der Waals surface area contributed by atoms with Crippen LogP contribution >= 0.6 is 23.4 Å². The van der Waals surface area contributed by atoms with Crippen LogP contribution in [0.25, 0.3) is 11.5 Å². The Labute approximate surface area is 194 Å². The van der Waals surface area contributed by atoms with Crippen LogP contribution in [0.5, 0.6) is 17.2 Å². The molecule has 1 aromatic carbocycles. The molecule has 0 atom stereocenters. The van der Waals surface area contributed by atoms with E-state index in [4.69, 9.17) is 30.2 Å². The molecule has 0 aliphatic heterocycles. The van der Waals surface area contributed by atoms with Crippen molar-refractivity contribution in [2.45, 2.75) is 26.0 Å². The fraction of sp³-hybridized carbons (Fsp3) is 0.333. The molecule has 1 amide bonds. The van der Waals surface area contributed by atoms with Crippen molar-refractivity contribution in [3.8, 4) is 28.7 Å². The minimum absolute atomic E-state index is 0.0730. The molecule has 2 heterocycles. The second-order valence-corrected chi connectivity index (χ2v) is 7.54. The highest BCUT2D eigenvalue weighted by atomic mass is 35.5. The summed E-state index contributed by atoms with van der Waals surface area (Å²) in [5.41, 5.74) is 0.620. The molecule has 3 rings (SSSR count). The van der Waals surface area contributed by atoms with Crippen LogP contribution in [-0.2, 0) is 4.79 Å². The number of thioether (sulfide) groups is 1. The second-order valence-electron chi connectivity index (χ2n) is 6.17. The Hall–Kier alpha value is -2.98. The molecule has 0 saturated carbocycles. The minimum atomic E-state index is -0.261. The zero-order chi connectivity index (χ0) is 22.9. The van der Waals surface area contributed by atoms with Gasteiger partial charge in [-0.2, -0.15) is 0 Å². The average Bonchev–Trinajstić information content (AvgIpc) is 3.25. The van der Waals surface area contributed by atoms with Crippen LogP contribution in [0.2, 0.25) is 5.02 Å². The Bertz CT molecular complexity index is 1020. The molecule has 3 aromatic rings. The van der Waals surface area contributed by atoms with Crippen molar-refractivity contribution in [3.63, 3.8) is 0 Å². The molecule has 0 radical (unpaired) electrons. The number of rotatable bonds is 11. The number of pyridine rings is 1. The Morgan fingerprint density at radius 1 is 1.06 bits per heavy atom. The van der Waals surface area contributed by atoms with Crippen molar-refractivity contribution in [3.05, 3.63) is 35.5 Å². The van der Waals surface area contributed by atoms with Gasteiger partial charge in [0.1, 0.15) is 5.82 Å². The molecule has 0 saturated heterocycles. The number of nitrogens with zero attached hydrogens (tertiary/aromatic N) is 3. The summed E-state index contributed by atoms with van der Waals surface area (Å²) in [6.07, 6.45) is 1.46. The zero-order valence-electron chi connectivity index (χ0n) is 17.9. The molecular weight excluding hydrogens is 456 g/mol. The molecule has 0 spiro atoms. The fourth-order valence-electron chi connectivity index (χ4n) is 2.65. The van der Waals surface area contributed by atoms with Gasteiger partial charge in [0, 0.05) is 11.8 Å². The van der Waals surface area contributed by atoms with Gasteiger partial charge >= 0.3 is 0 Å². The summed E-state index contributed by atoms with van der Waals surface area (Å²) >= 11 is 6.90. The maximum Gasteiger partial charge on any atom is 0.277 e. The highest BCUT2D eigenvalue weighted by Crippen LogP contribution is 2.42. The molecule has 32 heavy (non-hydrogen) atoms. The quantitative estimate of drug-likeness (QED) is 0.391. The van der Waals surface area contributed by atoms with E-state index in [-0.39, 0.29) is 22.8 Å². The van der Waals surface area contributed by atoms with Gasteiger partial charge in [-0.15, -0.1) is 10.2 Å². The van der Waals surface area contributed by atoms with E-state index in [1.165, 1.54) is 6.20 Å². The van der Waals surface area contributed by atoms with E-state index in [1.807, 2.05) is 20.8 Å². The van der Waals surface area contributed by atoms with E-state index in [2.05, 4.69) is 20.5 Å². The third-order valence-corrected chi connectivity index (χ3v) is 4.93. The van der Waals surface area contributed by atoms with Crippen LogP contribution in [0.4, 0.5) is 5.82 Å². The van der Waals surface area contributed by atoms with E-state index in [1.54, 1.807) is 24.3 Å². The summed E-state index contributed by atoms with van der Waals surface area (Å²) < 4.78 is 22.9. The molecule has 170 valence electrons. The van der Waals surface area contributed by atoms with Gasteiger partial charge in [-0.25, -0.2) is 4.98 Å². The Kier molecular flexibility index (Phi) is 8.57. The molecule has 0 unspecified atom stereocenters. The van der Waals surface area contributed by atoms with Gasteiger partial charge in [0.05, 0.1) is 30.6 Å². The Morgan fingerprint density at radius 2 is 1.75 bits per heavy atom. The number of anilines is 1. The zero-order valence-corrected chi connectivity index (χ0v) is 19.5. The molecule has 0 bridgehead atoms. The van der Waals surface area contributed by atoms with Gasteiger partial charge in [0.15, 0.2) is 11.5 Å². The number of carbonyl (C=O) groups excluding carboxylic acids is 1. The average molecular weight is 479 g/mol. The molecule has 9 nitrogen and oxygen atoms in total. The number of carbonyl (C=O) groups is 1. The van der Waals surface area contributed by atoms with Crippen LogP contribution in [-0.4, -0.2) is 46.7 Å². The summed E-state index contributed by atoms with van der Waals surface area (Å²) in [5.74, 6) is 2.08. The fourth-order valence-corrected chi connectivity index (χ4v) is 3.33. The highest BCUT2D eigenvalue weighted by Gasteiger charge is 2.19. The molecule has 1 N–H and O–H groups in total. The van der Waals surface area contributed by atoms with E-state index >= 15 is 0 Å². The van der Waals surface area contributed by atoms with Gasteiger partial charge < -0.3 is 23.9 Å². The predicted octanol–water partition coefficient (Wildman–Crippen LogP) is 4.71. The molecule has 0 aliphatic carbocycles. The summed E-state index contributed by atoms with van der Waals surface area (Å²) in [4.78, 5) is 16.2. The molecule has 11 heteroatoms. The number of benzene rings is 1.